The summed E-state index contributed by atoms with van der Waals surface area (Å²) in [6.45, 7) is 4.20. The van der Waals surface area contributed by atoms with Gasteiger partial charge in [-0.2, -0.15) is 0 Å². The van der Waals surface area contributed by atoms with Crippen molar-refractivity contribution < 1.29 is 9.52 Å². The van der Waals surface area contributed by atoms with E-state index in [1.807, 2.05) is 23.7 Å². The van der Waals surface area contributed by atoms with Gasteiger partial charge < -0.3 is 19.7 Å². The Hall–Kier alpha value is -1.37. The number of aliphatic hydroxyl groups is 1. The molecule has 0 aliphatic carbocycles. The Bertz CT molecular complexity index is 536. The molecule has 1 aliphatic heterocycles. The third-order valence-corrected chi connectivity index (χ3v) is 4.99. The normalized spacial score (nSPS) is 19.3. The molecule has 0 amide bonds. The summed E-state index contributed by atoms with van der Waals surface area (Å²) in [6.07, 6.45) is 5.82. The molecule has 2 N–H and O–H groups in total. The quantitative estimate of drug-likeness (QED) is 0.857. The van der Waals surface area contributed by atoms with Crippen molar-refractivity contribution in [3.8, 4) is 0 Å². The molecule has 0 spiro atoms. The number of thiazole rings is 1. The molecule has 1 aliphatic rings. The second-order valence-electron chi connectivity index (χ2n) is 5.91. The van der Waals surface area contributed by atoms with Crippen molar-refractivity contribution in [2.24, 2.45) is 0 Å². The summed E-state index contributed by atoms with van der Waals surface area (Å²) >= 11 is 1.70. The van der Waals surface area contributed by atoms with Gasteiger partial charge in [0.05, 0.1) is 6.26 Å². The lowest BCUT2D eigenvalue weighted by atomic mass is 10.0. The Kier molecular flexibility index (Phi) is 5.12. The molecule has 1 fully saturated rings. The zero-order valence-electron chi connectivity index (χ0n) is 12.8. The van der Waals surface area contributed by atoms with Crippen LogP contribution in [0.4, 0.5) is 5.13 Å². The van der Waals surface area contributed by atoms with Crippen molar-refractivity contribution in [2.75, 3.05) is 18.0 Å². The summed E-state index contributed by atoms with van der Waals surface area (Å²) in [5, 5.41) is 16.9. The van der Waals surface area contributed by atoms with Gasteiger partial charge in [0.15, 0.2) is 5.13 Å². The maximum absolute atomic E-state index is 10.1. The van der Waals surface area contributed by atoms with Crippen molar-refractivity contribution in [1.82, 2.24) is 10.3 Å². The Labute approximate surface area is 135 Å². The van der Waals surface area contributed by atoms with E-state index in [4.69, 9.17) is 4.42 Å². The lowest BCUT2D eigenvalue weighted by Gasteiger charge is -2.34. The van der Waals surface area contributed by atoms with Crippen LogP contribution < -0.4 is 10.2 Å². The molecule has 0 radical (unpaired) electrons. The Morgan fingerprint density at radius 1 is 1.50 bits per heavy atom. The highest BCUT2D eigenvalue weighted by Crippen LogP contribution is 2.23. The van der Waals surface area contributed by atoms with Crippen molar-refractivity contribution in [3.05, 3.63) is 35.7 Å². The van der Waals surface area contributed by atoms with E-state index in [1.165, 1.54) is 0 Å². The predicted molar refractivity (Wildman–Crippen MR) is 88.2 cm³/mol. The molecule has 5 nitrogen and oxygen atoms in total. The number of nitrogens with one attached hydrogen (secondary N) is 1. The van der Waals surface area contributed by atoms with Crippen LogP contribution in [0, 0.1) is 0 Å². The summed E-state index contributed by atoms with van der Waals surface area (Å²) in [5.41, 5.74) is 0. The van der Waals surface area contributed by atoms with E-state index in [2.05, 4.69) is 22.1 Å². The Morgan fingerprint density at radius 2 is 2.32 bits per heavy atom. The number of furan rings is 1. The fraction of sp³-hybridized carbons (Fsp3) is 0.562. The van der Waals surface area contributed by atoms with E-state index in [1.54, 1.807) is 17.6 Å². The molecule has 2 atom stereocenters. The summed E-state index contributed by atoms with van der Waals surface area (Å²) in [4.78, 5) is 6.73. The second kappa shape index (κ2) is 7.26. The second-order valence-corrected chi connectivity index (χ2v) is 6.78. The molecule has 22 heavy (non-hydrogen) atoms. The molecule has 3 rings (SSSR count). The first-order valence-electron chi connectivity index (χ1n) is 7.84. The number of aromatic nitrogens is 1. The minimum Gasteiger partial charge on any atom is -0.467 e. The number of hydrogen-bond donors (Lipinski definition) is 2. The van der Waals surface area contributed by atoms with E-state index in [9.17, 15) is 5.11 Å². The number of piperidine rings is 1. The van der Waals surface area contributed by atoms with Gasteiger partial charge in [0.25, 0.3) is 0 Å². The van der Waals surface area contributed by atoms with E-state index in [-0.39, 0.29) is 6.04 Å². The number of nitrogens with zero attached hydrogens (tertiary/aromatic N) is 2. The van der Waals surface area contributed by atoms with Gasteiger partial charge in [-0.15, -0.1) is 11.3 Å². The average molecular weight is 321 g/mol. The minimum atomic E-state index is -0.534. The fourth-order valence-corrected chi connectivity index (χ4v) is 3.71. The highest BCUT2D eigenvalue weighted by molar-refractivity contribution is 7.13. The molecule has 2 aromatic heterocycles. The van der Waals surface area contributed by atoms with Crippen LogP contribution >= 0.6 is 11.3 Å². The lowest BCUT2D eigenvalue weighted by Crippen LogP contribution is -2.45. The largest absolute Gasteiger partial charge is 0.467 e. The molecular formula is C16H23N3O2S. The van der Waals surface area contributed by atoms with Crippen LogP contribution in [-0.4, -0.2) is 35.3 Å². The summed E-state index contributed by atoms with van der Waals surface area (Å²) < 4.78 is 5.25. The molecule has 0 saturated carbocycles. The van der Waals surface area contributed by atoms with Crippen molar-refractivity contribution in [2.45, 2.75) is 44.4 Å². The topological polar surface area (TPSA) is 61.5 Å². The summed E-state index contributed by atoms with van der Waals surface area (Å²) in [5.74, 6) is 0.646. The number of anilines is 1. The van der Waals surface area contributed by atoms with E-state index >= 15 is 0 Å². The Morgan fingerprint density at radius 3 is 2.95 bits per heavy atom. The van der Waals surface area contributed by atoms with Crippen molar-refractivity contribution in [1.29, 1.82) is 0 Å². The molecule has 6 heteroatoms. The molecule has 2 aromatic rings. The minimum absolute atomic E-state index is 0.261. The maximum atomic E-state index is 10.1. The van der Waals surface area contributed by atoms with Gasteiger partial charge >= 0.3 is 0 Å². The lowest BCUT2D eigenvalue weighted by molar-refractivity contribution is 0.125. The third-order valence-electron chi connectivity index (χ3n) is 4.15. The van der Waals surface area contributed by atoms with Gasteiger partial charge in [-0.25, -0.2) is 4.98 Å². The maximum Gasteiger partial charge on any atom is 0.185 e. The predicted octanol–water partition coefficient (Wildman–Crippen LogP) is 2.81. The first-order valence-corrected chi connectivity index (χ1v) is 8.72. The monoisotopic (exact) mass is 321 g/mol. The average Bonchev–Trinajstić information content (AvgIpc) is 3.21. The van der Waals surface area contributed by atoms with Crippen molar-refractivity contribution in [3.63, 3.8) is 0 Å². The van der Waals surface area contributed by atoms with Gasteiger partial charge in [-0.3, -0.25) is 0 Å². The number of aliphatic hydroxyl groups excluding tert-OH is 1. The van der Waals surface area contributed by atoms with Crippen LogP contribution in [0.25, 0.3) is 0 Å². The SMILES string of the molecule is CC(CC(O)c1ccco1)NC1CCN(c2nccs2)CC1. The Balaban J connectivity index is 1.42. The van der Waals surface area contributed by atoms with Crippen LogP contribution in [0.2, 0.25) is 0 Å². The van der Waals surface area contributed by atoms with E-state index in [0.717, 1.165) is 31.1 Å². The van der Waals surface area contributed by atoms with Crippen molar-refractivity contribution >= 4 is 16.5 Å². The molecule has 1 saturated heterocycles. The molecule has 2 unspecified atom stereocenters. The summed E-state index contributed by atoms with van der Waals surface area (Å²) in [6, 6.07) is 4.40. The first-order chi connectivity index (χ1) is 10.7. The first kappa shape index (κ1) is 15.5. The van der Waals surface area contributed by atoms with Gasteiger partial charge in [-0.05, 0) is 38.3 Å². The van der Waals surface area contributed by atoms with Crippen LogP contribution in [-0.2, 0) is 0 Å². The summed E-state index contributed by atoms with van der Waals surface area (Å²) in [7, 11) is 0. The van der Waals surface area contributed by atoms with E-state index < -0.39 is 6.10 Å². The van der Waals surface area contributed by atoms with Gasteiger partial charge in [0.2, 0.25) is 0 Å². The van der Waals surface area contributed by atoms with Crippen LogP contribution in [0.3, 0.4) is 0 Å². The highest BCUT2D eigenvalue weighted by atomic mass is 32.1. The smallest absolute Gasteiger partial charge is 0.185 e. The van der Waals surface area contributed by atoms with Gasteiger partial charge in [-0.1, -0.05) is 0 Å². The number of rotatable bonds is 6. The molecular weight excluding hydrogens is 298 g/mol. The highest BCUT2D eigenvalue weighted by Gasteiger charge is 2.23. The van der Waals surface area contributed by atoms with E-state index in [0.29, 0.717) is 18.2 Å². The van der Waals surface area contributed by atoms with Crippen LogP contribution in [0.15, 0.2) is 34.4 Å². The zero-order valence-corrected chi connectivity index (χ0v) is 13.6. The third kappa shape index (κ3) is 3.88. The molecule has 120 valence electrons. The molecule has 3 heterocycles. The number of hydrogen-bond acceptors (Lipinski definition) is 6. The standard InChI is InChI=1S/C16H23N3O2S/c1-12(11-14(20)15-3-2-9-21-15)18-13-4-7-19(8-5-13)16-17-6-10-22-16/h2-3,6,9-10,12-14,18,20H,4-5,7-8,11H2,1H3. The fourth-order valence-electron chi connectivity index (χ4n) is 3.01. The van der Waals surface area contributed by atoms with Crippen LogP contribution in [0.1, 0.15) is 38.1 Å². The molecule has 0 bridgehead atoms. The van der Waals surface area contributed by atoms with Gasteiger partial charge in [0.1, 0.15) is 11.9 Å². The van der Waals surface area contributed by atoms with Gasteiger partial charge in [0, 0.05) is 36.8 Å². The molecule has 0 aromatic carbocycles. The zero-order chi connectivity index (χ0) is 15.4. The van der Waals surface area contributed by atoms with Crippen LogP contribution in [0.5, 0.6) is 0 Å².